The zero-order chi connectivity index (χ0) is 24.8. The second-order valence-corrected chi connectivity index (χ2v) is 8.22. The smallest absolute Gasteiger partial charge is 0.258 e. The molecule has 0 aliphatic rings. The van der Waals surface area contributed by atoms with Gasteiger partial charge in [0.05, 0.1) is 19.9 Å². The van der Waals surface area contributed by atoms with Crippen molar-refractivity contribution in [2.75, 3.05) is 26.1 Å². The van der Waals surface area contributed by atoms with Crippen molar-refractivity contribution in [3.05, 3.63) is 70.0 Å². The highest BCUT2D eigenvalue weighted by Crippen LogP contribution is 2.27. The quantitative estimate of drug-likeness (QED) is 0.407. The summed E-state index contributed by atoms with van der Waals surface area (Å²) in [6, 6.07) is 11.1. The lowest BCUT2D eigenvalue weighted by Gasteiger charge is -2.15. The number of aromatic nitrogens is 2. The topological polar surface area (TPSA) is 89.8 Å². The summed E-state index contributed by atoms with van der Waals surface area (Å²) in [7, 11) is 5.03. The SMILES string of the molecule is COc1ccc(C(=O)NC(=NCCc2c(C)nn(C)c2C)Nc2ccc(C)cc2C)cc1OC. The number of benzene rings is 2. The van der Waals surface area contributed by atoms with Crippen LogP contribution in [0, 0.1) is 27.7 Å². The van der Waals surface area contributed by atoms with Crippen molar-refractivity contribution in [2.45, 2.75) is 34.1 Å². The maximum Gasteiger partial charge on any atom is 0.258 e. The van der Waals surface area contributed by atoms with Crippen molar-refractivity contribution in [1.82, 2.24) is 15.1 Å². The molecule has 0 radical (unpaired) electrons. The van der Waals surface area contributed by atoms with E-state index in [-0.39, 0.29) is 5.91 Å². The summed E-state index contributed by atoms with van der Waals surface area (Å²) in [4.78, 5) is 17.7. The number of hydrogen-bond donors (Lipinski definition) is 2. The lowest BCUT2D eigenvalue weighted by atomic mass is 10.1. The minimum Gasteiger partial charge on any atom is -0.493 e. The fraction of sp³-hybridized carbons (Fsp3) is 0.346. The number of ether oxygens (including phenoxy) is 2. The highest BCUT2D eigenvalue weighted by Gasteiger charge is 2.14. The Balaban J connectivity index is 1.84. The average molecular weight is 464 g/mol. The zero-order valence-electron chi connectivity index (χ0n) is 20.9. The predicted molar refractivity (Wildman–Crippen MR) is 135 cm³/mol. The highest BCUT2D eigenvalue weighted by molar-refractivity contribution is 6.10. The van der Waals surface area contributed by atoms with Crippen LogP contribution in [-0.4, -0.2) is 42.4 Å². The molecule has 0 aliphatic heterocycles. The van der Waals surface area contributed by atoms with Crippen LogP contribution in [0.4, 0.5) is 5.69 Å². The van der Waals surface area contributed by atoms with Gasteiger partial charge < -0.3 is 14.8 Å². The van der Waals surface area contributed by atoms with Crippen LogP contribution in [0.3, 0.4) is 0 Å². The Morgan fingerprint density at radius 2 is 1.76 bits per heavy atom. The third kappa shape index (κ3) is 5.75. The van der Waals surface area contributed by atoms with Crippen molar-refractivity contribution in [2.24, 2.45) is 12.0 Å². The Bertz CT molecular complexity index is 1210. The van der Waals surface area contributed by atoms with E-state index in [1.54, 1.807) is 25.3 Å². The van der Waals surface area contributed by atoms with Gasteiger partial charge in [0, 0.05) is 30.5 Å². The molecule has 180 valence electrons. The molecule has 0 atom stereocenters. The first kappa shape index (κ1) is 24.8. The molecule has 0 aliphatic carbocycles. The van der Waals surface area contributed by atoms with E-state index in [0.717, 1.165) is 29.1 Å². The van der Waals surface area contributed by atoms with Crippen LogP contribution in [0.1, 0.15) is 38.4 Å². The number of aryl methyl sites for hydroxylation is 4. The van der Waals surface area contributed by atoms with Crippen LogP contribution in [-0.2, 0) is 13.5 Å². The van der Waals surface area contributed by atoms with Crippen molar-refractivity contribution in [1.29, 1.82) is 0 Å². The largest absolute Gasteiger partial charge is 0.493 e. The molecule has 8 nitrogen and oxygen atoms in total. The van der Waals surface area contributed by atoms with E-state index in [9.17, 15) is 4.79 Å². The Hall–Kier alpha value is -3.81. The van der Waals surface area contributed by atoms with Gasteiger partial charge in [-0.3, -0.25) is 19.8 Å². The normalized spacial score (nSPS) is 11.3. The molecule has 2 N–H and O–H groups in total. The van der Waals surface area contributed by atoms with E-state index < -0.39 is 0 Å². The number of nitrogens with zero attached hydrogens (tertiary/aromatic N) is 3. The number of anilines is 1. The number of hydrogen-bond acceptors (Lipinski definition) is 5. The number of carbonyl (C=O) groups is 1. The Kier molecular flexibility index (Phi) is 7.94. The average Bonchev–Trinajstić information content (AvgIpc) is 3.05. The number of amides is 1. The van der Waals surface area contributed by atoms with Gasteiger partial charge in [-0.25, -0.2) is 0 Å². The van der Waals surface area contributed by atoms with Crippen molar-refractivity contribution >= 4 is 17.6 Å². The number of rotatable bonds is 7. The molecule has 2 aromatic carbocycles. The monoisotopic (exact) mass is 463 g/mol. The standard InChI is InChI=1S/C26H33N5O3/c1-16-8-10-22(17(2)14-16)28-26(27-13-12-21-18(3)30-31(5)19(21)4)29-25(32)20-9-11-23(33-6)24(15-20)34-7/h8-11,14-15H,12-13H2,1-7H3,(H2,27,28,29,32). The van der Waals surface area contributed by atoms with Gasteiger partial charge in [0.2, 0.25) is 5.96 Å². The van der Waals surface area contributed by atoms with Crippen LogP contribution < -0.4 is 20.1 Å². The maximum atomic E-state index is 13.1. The number of aliphatic imine (C=N–C) groups is 1. The molecule has 1 heterocycles. The predicted octanol–water partition coefficient (Wildman–Crippen LogP) is 4.11. The molecule has 0 saturated carbocycles. The van der Waals surface area contributed by atoms with Gasteiger partial charge in [0.1, 0.15) is 0 Å². The minimum atomic E-state index is -0.300. The molecule has 3 aromatic rings. The highest BCUT2D eigenvalue weighted by atomic mass is 16.5. The summed E-state index contributed by atoms with van der Waals surface area (Å²) in [6.45, 7) is 8.61. The number of nitrogens with one attached hydrogen (secondary N) is 2. The fourth-order valence-electron chi connectivity index (χ4n) is 3.81. The first-order chi connectivity index (χ1) is 16.2. The van der Waals surface area contributed by atoms with Gasteiger partial charge in [-0.15, -0.1) is 0 Å². The lowest BCUT2D eigenvalue weighted by molar-refractivity contribution is 0.0976. The number of methoxy groups -OCH3 is 2. The van der Waals surface area contributed by atoms with Crippen LogP contribution in [0.5, 0.6) is 11.5 Å². The minimum absolute atomic E-state index is 0.300. The molecule has 34 heavy (non-hydrogen) atoms. The number of carbonyl (C=O) groups excluding carboxylic acids is 1. The maximum absolute atomic E-state index is 13.1. The van der Waals surface area contributed by atoms with Crippen LogP contribution in [0.15, 0.2) is 41.4 Å². The van der Waals surface area contributed by atoms with Gasteiger partial charge in [-0.2, -0.15) is 5.10 Å². The molecule has 3 rings (SSSR count). The van der Waals surface area contributed by atoms with Crippen LogP contribution >= 0.6 is 0 Å². The first-order valence-corrected chi connectivity index (χ1v) is 11.1. The molecular weight excluding hydrogens is 430 g/mol. The molecule has 0 unspecified atom stereocenters. The fourth-order valence-corrected chi connectivity index (χ4v) is 3.81. The molecule has 0 fully saturated rings. The van der Waals surface area contributed by atoms with E-state index in [4.69, 9.17) is 14.5 Å². The van der Waals surface area contributed by atoms with Gasteiger partial charge in [-0.1, -0.05) is 17.7 Å². The van der Waals surface area contributed by atoms with E-state index in [2.05, 4.69) is 21.8 Å². The van der Waals surface area contributed by atoms with Gasteiger partial charge in [0.15, 0.2) is 11.5 Å². The second kappa shape index (κ2) is 10.9. The summed E-state index contributed by atoms with van der Waals surface area (Å²) in [5.41, 5.74) is 6.82. The van der Waals surface area contributed by atoms with Gasteiger partial charge >= 0.3 is 0 Å². The van der Waals surface area contributed by atoms with Crippen molar-refractivity contribution in [3.8, 4) is 11.5 Å². The van der Waals surface area contributed by atoms with Gasteiger partial charge in [0.25, 0.3) is 5.91 Å². The molecule has 0 saturated heterocycles. The van der Waals surface area contributed by atoms with Crippen molar-refractivity contribution in [3.63, 3.8) is 0 Å². The molecule has 0 spiro atoms. The molecular formula is C26H33N5O3. The van der Waals surface area contributed by atoms with Crippen LogP contribution in [0.25, 0.3) is 0 Å². The first-order valence-electron chi connectivity index (χ1n) is 11.1. The van der Waals surface area contributed by atoms with E-state index >= 15 is 0 Å². The molecule has 0 bridgehead atoms. The zero-order valence-corrected chi connectivity index (χ0v) is 20.9. The summed E-state index contributed by atoms with van der Waals surface area (Å²) in [6.07, 6.45) is 0.718. The molecule has 1 amide bonds. The van der Waals surface area contributed by atoms with Crippen molar-refractivity contribution < 1.29 is 14.3 Å². The van der Waals surface area contributed by atoms with Crippen LogP contribution in [0.2, 0.25) is 0 Å². The second-order valence-electron chi connectivity index (χ2n) is 8.22. The van der Waals surface area contributed by atoms with E-state index in [1.807, 2.05) is 51.6 Å². The third-order valence-corrected chi connectivity index (χ3v) is 5.80. The number of guanidine groups is 1. The summed E-state index contributed by atoms with van der Waals surface area (Å²) < 4.78 is 12.5. The van der Waals surface area contributed by atoms with Gasteiger partial charge in [-0.05, 0) is 69.5 Å². The Morgan fingerprint density at radius 3 is 2.38 bits per heavy atom. The molecule has 8 heteroatoms. The molecule has 1 aromatic heterocycles. The van der Waals surface area contributed by atoms with E-state index in [1.165, 1.54) is 18.2 Å². The summed E-state index contributed by atoms with van der Waals surface area (Å²) >= 11 is 0. The third-order valence-electron chi connectivity index (χ3n) is 5.80. The Labute approximate surface area is 201 Å². The Morgan fingerprint density at radius 1 is 1.03 bits per heavy atom. The summed E-state index contributed by atoms with van der Waals surface area (Å²) in [5.74, 6) is 1.12. The summed E-state index contributed by atoms with van der Waals surface area (Å²) in [5, 5.41) is 10.7. The van der Waals surface area contributed by atoms with E-state index in [0.29, 0.717) is 29.6 Å². The lowest BCUT2D eigenvalue weighted by Crippen LogP contribution is -2.36.